The van der Waals surface area contributed by atoms with E-state index in [1.165, 1.54) is 6.20 Å². The Hall–Kier alpha value is -0.480. The molecule has 1 unspecified atom stereocenters. The Kier molecular flexibility index (Phi) is 2.60. The molecule has 1 atom stereocenters. The van der Waals surface area contributed by atoms with Gasteiger partial charge in [-0.05, 0) is 35.0 Å². The number of rotatable bonds is 1. The van der Waals surface area contributed by atoms with Crippen LogP contribution in [0.3, 0.4) is 0 Å². The van der Waals surface area contributed by atoms with E-state index in [1.54, 1.807) is 6.07 Å². The van der Waals surface area contributed by atoms with Gasteiger partial charge in [0.15, 0.2) is 5.82 Å². The highest BCUT2D eigenvalue weighted by atomic mass is 79.9. The first-order valence-corrected chi connectivity index (χ1v) is 5.08. The first-order chi connectivity index (χ1) is 6.27. The average molecular weight is 245 g/mol. The molecule has 1 fully saturated rings. The fraction of sp³-hybridized carbons (Fsp3) is 0.444. The zero-order valence-corrected chi connectivity index (χ0v) is 8.64. The van der Waals surface area contributed by atoms with Crippen LogP contribution in [-0.2, 0) is 0 Å². The fourth-order valence-electron chi connectivity index (χ4n) is 1.56. The van der Waals surface area contributed by atoms with Crippen molar-refractivity contribution in [3.8, 4) is 0 Å². The van der Waals surface area contributed by atoms with Gasteiger partial charge in [0, 0.05) is 18.2 Å². The monoisotopic (exact) mass is 244 g/mol. The Morgan fingerprint density at radius 2 is 2.46 bits per heavy atom. The molecule has 0 spiro atoms. The number of nitrogens with one attached hydrogen (secondary N) is 1. The van der Waals surface area contributed by atoms with Crippen LogP contribution in [0.25, 0.3) is 0 Å². The molecule has 4 heteroatoms. The van der Waals surface area contributed by atoms with Crippen LogP contribution in [0.1, 0.15) is 18.0 Å². The lowest BCUT2D eigenvalue weighted by Crippen LogP contribution is -2.09. The number of hydrogen-bond acceptors (Lipinski definition) is 2. The van der Waals surface area contributed by atoms with Crippen LogP contribution in [-0.4, -0.2) is 18.1 Å². The van der Waals surface area contributed by atoms with Crippen molar-refractivity contribution in [1.82, 2.24) is 10.3 Å². The molecule has 1 saturated heterocycles. The number of halogens is 2. The minimum Gasteiger partial charge on any atom is -0.316 e. The first-order valence-electron chi connectivity index (χ1n) is 4.29. The highest BCUT2D eigenvalue weighted by Crippen LogP contribution is 2.24. The van der Waals surface area contributed by atoms with E-state index in [0.29, 0.717) is 10.4 Å². The lowest BCUT2D eigenvalue weighted by atomic mass is 10.0. The van der Waals surface area contributed by atoms with Crippen molar-refractivity contribution in [3.63, 3.8) is 0 Å². The van der Waals surface area contributed by atoms with Crippen molar-refractivity contribution in [1.29, 1.82) is 0 Å². The molecule has 0 bridgehead atoms. The molecule has 2 heterocycles. The highest BCUT2D eigenvalue weighted by Gasteiger charge is 2.18. The van der Waals surface area contributed by atoms with Crippen molar-refractivity contribution in [2.75, 3.05) is 13.1 Å². The Morgan fingerprint density at radius 3 is 3.08 bits per heavy atom. The second-order valence-corrected chi connectivity index (χ2v) is 4.07. The van der Waals surface area contributed by atoms with E-state index >= 15 is 0 Å². The summed E-state index contributed by atoms with van der Waals surface area (Å²) in [7, 11) is 0. The van der Waals surface area contributed by atoms with E-state index in [0.717, 1.165) is 25.2 Å². The Morgan fingerprint density at radius 1 is 1.62 bits per heavy atom. The van der Waals surface area contributed by atoms with Crippen LogP contribution < -0.4 is 5.32 Å². The maximum absolute atomic E-state index is 12.9. The SMILES string of the molecule is Fc1cnc(C2CCNC2)cc1Br. The Balaban J connectivity index is 2.25. The molecule has 13 heavy (non-hydrogen) atoms. The fourth-order valence-corrected chi connectivity index (χ4v) is 1.90. The minimum absolute atomic E-state index is 0.297. The van der Waals surface area contributed by atoms with E-state index < -0.39 is 0 Å². The molecule has 1 aromatic heterocycles. The van der Waals surface area contributed by atoms with Crippen molar-refractivity contribution in [2.45, 2.75) is 12.3 Å². The second kappa shape index (κ2) is 3.72. The molecule has 1 N–H and O–H groups in total. The summed E-state index contributed by atoms with van der Waals surface area (Å²) >= 11 is 3.16. The van der Waals surface area contributed by atoms with Gasteiger partial charge in [0.2, 0.25) is 0 Å². The van der Waals surface area contributed by atoms with Gasteiger partial charge in [-0.1, -0.05) is 0 Å². The molecule has 0 aliphatic carbocycles. The third-order valence-electron chi connectivity index (χ3n) is 2.31. The van der Waals surface area contributed by atoms with E-state index in [2.05, 4.69) is 26.2 Å². The molecular weight excluding hydrogens is 235 g/mol. The summed E-state index contributed by atoms with van der Waals surface area (Å²) in [4.78, 5) is 4.08. The van der Waals surface area contributed by atoms with Crippen molar-refractivity contribution >= 4 is 15.9 Å². The third-order valence-corrected chi connectivity index (χ3v) is 2.92. The van der Waals surface area contributed by atoms with Gasteiger partial charge in [-0.3, -0.25) is 4.98 Å². The van der Waals surface area contributed by atoms with E-state index in [-0.39, 0.29) is 5.82 Å². The molecule has 1 aliphatic heterocycles. The van der Waals surface area contributed by atoms with Crippen LogP contribution in [0.4, 0.5) is 4.39 Å². The lowest BCUT2D eigenvalue weighted by molar-refractivity contribution is 0.607. The van der Waals surface area contributed by atoms with Gasteiger partial charge >= 0.3 is 0 Å². The van der Waals surface area contributed by atoms with Gasteiger partial charge in [0.05, 0.1) is 10.7 Å². The average Bonchev–Trinajstić information content (AvgIpc) is 2.62. The predicted octanol–water partition coefficient (Wildman–Crippen LogP) is 2.06. The summed E-state index contributed by atoms with van der Waals surface area (Å²) in [5.74, 6) is 0.145. The number of pyridine rings is 1. The van der Waals surface area contributed by atoms with E-state index in [9.17, 15) is 4.39 Å². The summed E-state index contributed by atoms with van der Waals surface area (Å²) in [5.41, 5.74) is 0.971. The topological polar surface area (TPSA) is 24.9 Å². The van der Waals surface area contributed by atoms with Crippen molar-refractivity contribution in [3.05, 3.63) is 28.2 Å². The largest absolute Gasteiger partial charge is 0.316 e. The molecule has 0 aromatic carbocycles. The molecule has 2 nitrogen and oxygen atoms in total. The predicted molar refractivity (Wildman–Crippen MR) is 52.1 cm³/mol. The van der Waals surface area contributed by atoms with Crippen LogP contribution in [0.5, 0.6) is 0 Å². The third kappa shape index (κ3) is 1.89. The van der Waals surface area contributed by atoms with Gasteiger partial charge in [-0.15, -0.1) is 0 Å². The maximum atomic E-state index is 12.9. The molecule has 0 radical (unpaired) electrons. The van der Waals surface area contributed by atoms with Crippen LogP contribution in [0.15, 0.2) is 16.7 Å². The zero-order valence-electron chi connectivity index (χ0n) is 7.06. The van der Waals surface area contributed by atoms with Gasteiger partial charge in [0.1, 0.15) is 0 Å². The Labute approximate surface area is 84.7 Å². The quantitative estimate of drug-likeness (QED) is 0.819. The molecule has 70 valence electrons. The zero-order chi connectivity index (χ0) is 9.26. The summed E-state index contributed by atoms with van der Waals surface area (Å²) in [6, 6.07) is 1.77. The highest BCUT2D eigenvalue weighted by molar-refractivity contribution is 9.10. The summed E-state index contributed by atoms with van der Waals surface area (Å²) in [6.45, 7) is 1.98. The number of aromatic nitrogens is 1. The molecule has 0 saturated carbocycles. The van der Waals surface area contributed by atoms with Crippen molar-refractivity contribution in [2.24, 2.45) is 0 Å². The van der Waals surface area contributed by atoms with Gasteiger partial charge in [-0.25, -0.2) is 4.39 Å². The van der Waals surface area contributed by atoms with Gasteiger partial charge < -0.3 is 5.32 Å². The molecule has 0 amide bonds. The van der Waals surface area contributed by atoms with E-state index in [1.807, 2.05) is 0 Å². The smallest absolute Gasteiger partial charge is 0.155 e. The lowest BCUT2D eigenvalue weighted by Gasteiger charge is -2.07. The van der Waals surface area contributed by atoms with Crippen LogP contribution in [0, 0.1) is 5.82 Å². The van der Waals surface area contributed by atoms with Crippen LogP contribution in [0.2, 0.25) is 0 Å². The number of nitrogens with zero attached hydrogens (tertiary/aromatic N) is 1. The molecule has 2 rings (SSSR count). The van der Waals surface area contributed by atoms with Gasteiger partial charge in [0.25, 0.3) is 0 Å². The standard InChI is InChI=1S/C9H10BrFN2/c10-7-3-9(13-5-8(7)11)6-1-2-12-4-6/h3,5-6,12H,1-2,4H2. The Bertz CT molecular complexity index is 310. The van der Waals surface area contributed by atoms with Crippen LogP contribution >= 0.6 is 15.9 Å². The summed E-state index contributed by atoms with van der Waals surface area (Å²) in [5, 5.41) is 3.26. The molecule has 1 aromatic rings. The summed E-state index contributed by atoms with van der Waals surface area (Å²) < 4.78 is 13.4. The second-order valence-electron chi connectivity index (χ2n) is 3.21. The van der Waals surface area contributed by atoms with Gasteiger partial charge in [-0.2, -0.15) is 0 Å². The summed E-state index contributed by atoms with van der Waals surface area (Å²) in [6.07, 6.45) is 2.36. The first kappa shape index (κ1) is 9.09. The number of hydrogen-bond donors (Lipinski definition) is 1. The minimum atomic E-state index is -0.297. The van der Waals surface area contributed by atoms with Crippen molar-refractivity contribution < 1.29 is 4.39 Å². The van der Waals surface area contributed by atoms with E-state index in [4.69, 9.17) is 0 Å². The maximum Gasteiger partial charge on any atom is 0.155 e. The normalized spacial score (nSPS) is 22.2. The molecule has 1 aliphatic rings. The molecular formula is C9H10BrFN2.